The molecule has 1 unspecified atom stereocenters. The van der Waals surface area contributed by atoms with Gasteiger partial charge in [-0.25, -0.2) is 9.78 Å². The van der Waals surface area contributed by atoms with Gasteiger partial charge >= 0.3 is 5.69 Å². The maximum Gasteiger partial charge on any atom is 0.334 e. The second-order valence-electron chi connectivity index (χ2n) is 8.45. The molecule has 0 radical (unpaired) electrons. The van der Waals surface area contributed by atoms with E-state index in [-0.39, 0.29) is 11.4 Å². The van der Waals surface area contributed by atoms with Gasteiger partial charge in [-0.2, -0.15) is 10.5 Å². The maximum absolute atomic E-state index is 13.6. The Morgan fingerprint density at radius 2 is 1.69 bits per heavy atom. The minimum atomic E-state index is -0.709. The van der Waals surface area contributed by atoms with Gasteiger partial charge in [0.25, 0.3) is 0 Å². The number of nitrogens with zero attached hydrogens (tertiary/aromatic N) is 7. The fourth-order valence-corrected chi connectivity index (χ4v) is 4.55. The van der Waals surface area contributed by atoms with E-state index in [2.05, 4.69) is 27.1 Å². The smallest absolute Gasteiger partial charge is 0.274 e. The predicted octanol–water partition coefficient (Wildman–Crippen LogP) is 4.91. The SMILES string of the molecule is CC(C#N)n1c(=O)n(-c2ccc(C#N)nc2)c2c3cc(-c4cnc5ccccc5c4)ccc3ncc21. The van der Waals surface area contributed by atoms with Gasteiger partial charge in [-0.15, -0.1) is 0 Å². The molecule has 6 aromatic rings. The average molecular weight is 467 g/mol. The van der Waals surface area contributed by atoms with Crippen molar-refractivity contribution < 1.29 is 0 Å². The molecule has 8 nitrogen and oxygen atoms in total. The van der Waals surface area contributed by atoms with E-state index in [1.807, 2.05) is 54.7 Å². The monoisotopic (exact) mass is 467 g/mol. The summed E-state index contributed by atoms with van der Waals surface area (Å²) in [6.07, 6.45) is 4.94. The molecule has 0 saturated heterocycles. The summed E-state index contributed by atoms with van der Waals surface area (Å²) in [7, 11) is 0. The van der Waals surface area contributed by atoms with Crippen LogP contribution in [-0.4, -0.2) is 24.1 Å². The van der Waals surface area contributed by atoms with Gasteiger partial charge in [-0.05, 0) is 48.9 Å². The summed E-state index contributed by atoms with van der Waals surface area (Å²) >= 11 is 0. The quantitative estimate of drug-likeness (QED) is 0.366. The molecule has 0 aliphatic carbocycles. The molecule has 36 heavy (non-hydrogen) atoms. The van der Waals surface area contributed by atoms with Crippen molar-refractivity contribution >= 4 is 32.8 Å². The molecule has 0 bridgehead atoms. The van der Waals surface area contributed by atoms with Crippen molar-refractivity contribution in [1.82, 2.24) is 24.1 Å². The summed E-state index contributed by atoms with van der Waals surface area (Å²) in [4.78, 5) is 27.0. The Kier molecular flexibility index (Phi) is 4.80. The lowest BCUT2D eigenvalue weighted by Gasteiger charge is -2.09. The molecule has 6 rings (SSSR count). The Bertz CT molecular complexity index is 1950. The van der Waals surface area contributed by atoms with Gasteiger partial charge in [0, 0.05) is 22.5 Å². The molecule has 170 valence electrons. The highest BCUT2D eigenvalue weighted by Crippen LogP contribution is 2.31. The number of imidazole rings is 1. The van der Waals surface area contributed by atoms with Crippen molar-refractivity contribution in [2.45, 2.75) is 13.0 Å². The second-order valence-corrected chi connectivity index (χ2v) is 8.45. The van der Waals surface area contributed by atoms with Gasteiger partial charge in [-0.3, -0.25) is 19.1 Å². The van der Waals surface area contributed by atoms with E-state index in [1.165, 1.54) is 15.3 Å². The van der Waals surface area contributed by atoms with Crippen molar-refractivity contribution in [2.75, 3.05) is 0 Å². The van der Waals surface area contributed by atoms with Gasteiger partial charge < -0.3 is 0 Å². The van der Waals surface area contributed by atoms with Gasteiger partial charge in [0.1, 0.15) is 17.8 Å². The zero-order valence-corrected chi connectivity index (χ0v) is 19.1. The maximum atomic E-state index is 13.6. The molecular formula is C28H17N7O. The molecule has 0 aliphatic heterocycles. The standard InChI is InChI=1S/C28H17N7O/c1-17(12-29)34-26-16-33-25-9-6-18(20-10-19-4-2-3-5-24(19)32-14-20)11-23(25)27(26)35(28(34)36)22-8-7-21(13-30)31-15-22/h2-11,14-17H,1H3. The van der Waals surface area contributed by atoms with Crippen LogP contribution in [0.5, 0.6) is 0 Å². The molecule has 0 amide bonds. The van der Waals surface area contributed by atoms with Gasteiger partial charge in [0.2, 0.25) is 0 Å². The Morgan fingerprint density at radius 3 is 2.47 bits per heavy atom. The van der Waals surface area contributed by atoms with Gasteiger partial charge in [0.05, 0.1) is 46.2 Å². The molecule has 0 saturated carbocycles. The number of nitriles is 2. The molecule has 8 heteroatoms. The molecule has 0 N–H and O–H groups in total. The van der Waals surface area contributed by atoms with E-state index in [1.54, 1.807) is 25.3 Å². The summed E-state index contributed by atoms with van der Waals surface area (Å²) in [5.74, 6) is 0. The summed E-state index contributed by atoms with van der Waals surface area (Å²) in [5, 5.41) is 20.5. The predicted molar refractivity (Wildman–Crippen MR) is 136 cm³/mol. The first-order valence-electron chi connectivity index (χ1n) is 11.3. The van der Waals surface area contributed by atoms with Crippen LogP contribution in [0.15, 0.2) is 84.0 Å². The van der Waals surface area contributed by atoms with Crippen LogP contribution < -0.4 is 5.69 Å². The van der Waals surface area contributed by atoms with Crippen molar-refractivity contribution in [1.29, 1.82) is 10.5 Å². The van der Waals surface area contributed by atoms with Crippen LogP contribution in [0.2, 0.25) is 0 Å². The first kappa shape index (κ1) is 21.2. The van der Waals surface area contributed by atoms with E-state index in [9.17, 15) is 10.1 Å². The van der Waals surface area contributed by atoms with Crippen LogP contribution in [-0.2, 0) is 0 Å². The highest BCUT2D eigenvalue weighted by Gasteiger charge is 2.21. The lowest BCUT2D eigenvalue weighted by atomic mass is 10.0. The van der Waals surface area contributed by atoms with E-state index in [4.69, 9.17) is 5.26 Å². The van der Waals surface area contributed by atoms with Crippen molar-refractivity contribution in [3.63, 3.8) is 0 Å². The normalized spacial score (nSPS) is 12.0. The summed E-state index contributed by atoms with van der Waals surface area (Å²) in [5.41, 5.74) is 5.01. The zero-order valence-electron chi connectivity index (χ0n) is 19.1. The van der Waals surface area contributed by atoms with Crippen molar-refractivity contribution in [2.24, 2.45) is 0 Å². The minimum absolute atomic E-state index is 0.249. The highest BCUT2D eigenvalue weighted by atomic mass is 16.1. The van der Waals surface area contributed by atoms with Gasteiger partial charge in [-0.1, -0.05) is 24.3 Å². The summed E-state index contributed by atoms with van der Waals surface area (Å²) < 4.78 is 2.97. The molecule has 1 atom stereocenters. The number of benzene rings is 2. The van der Waals surface area contributed by atoms with Crippen molar-refractivity contribution in [3.8, 4) is 29.0 Å². The van der Waals surface area contributed by atoms with Crippen LogP contribution in [0, 0.1) is 22.7 Å². The zero-order chi connectivity index (χ0) is 24.8. The molecule has 2 aromatic carbocycles. The average Bonchev–Trinajstić information content (AvgIpc) is 3.24. The van der Waals surface area contributed by atoms with Crippen LogP contribution in [0.3, 0.4) is 0 Å². The van der Waals surface area contributed by atoms with Crippen LogP contribution in [0.1, 0.15) is 18.7 Å². The second kappa shape index (κ2) is 8.15. The third-order valence-corrected chi connectivity index (χ3v) is 6.32. The number of rotatable bonds is 3. The van der Waals surface area contributed by atoms with E-state index in [0.29, 0.717) is 22.2 Å². The Hall–Kier alpha value is -5.34. The van der Waals surface area contributed by atoms with E-state index in [0.717, 1.165) is 27.4 Å². The number of hydrogen-bond donors (Lipinski definition) is 0. The molecule has 0 spiro atoms. The first-order chi connectivity index (χ1) is 17.6. The minimum Gasteiger partial charge on any atom is -0.274 e. The van der Waals surface area contributed by atoms with Crippen molar-refractivity contribution in [3.05, 3.63) is 95.4 Å². The fraction of sp³-hybridized carbons (Fsp3) is 0.0714. The third-order valence-electron chi connectivity index (χ3n) is 6.32. The lowest BCUT2D eigenvalue weighted by molar-refractivity contribution is 0.656. The lowest BCUT2D eigenvalue weighted by Crippen LogP contribution is -2.25. The van der Waals surface area contributed by atoms with Crippen LogP contribution in [0.4, 0.5) is 0 Å². The molecule has 0 fully saturated rings. The number of pyridine rings is 3. The topological polar surface area (TPSA) is 113 Å². The molecule has 4 aromatic heterocycles. The number of para-hydroxylation sites is 1. The highest BCUT2D eigenvalue weighted by molar-refractivity contribution is 6.05. The molecular weight excluding hydrogens is 450 g/mol. The third kappa shape index (κ3) is 3.21. The van der Waals surface area contributed by atoms with Gasteiger partial charge in [0.15, 0.2) is 0 Å². The Balaban J connectivity index is 1.68. The summed E-state index contributed by atoms with van der Waals surface area (Å²) in [6.45, 7) is 1.67. The van der Waals surface area contributed by atoms with E-state index >= 15 is 0 Å². The summed E-state index contributed by atoms with van der Waals surface area (Å²) in [6, 6.07) is 22.6. The van der Waals surface area contributed by atoms with Crippen LogP contribution >= 0.6 is 0 Å². The van der Waals surface area contributed by atoms with Crippen LogP contribution in [0.25, 0.3) is 49.7 Å². The first-order valence-corrected chi connectivity index (χ1v) is 11.3. The number of aromatic nitrogens is 5. The van der Waals surface area contributed by atoms with E-state index < -0.39 is 6.04 Å². The molecule has 4 heterocycles. The number of hydrogen-bond acceptors (Lipinski definition) is 6. The fourth-order valence-electron chi connectivity index (χ4n) is 4.55. The Morgan fingerprint density at radius 1 is 0.861 bits per heavy atom. The largest absolute Gasteiger partial charge is 0.334 e. The Labute approximate surface area is 205 Å². The molecule has 0 aliphatic rings. The number of fused-ring (bicyclic) bond motifs is 4.